The van der Waals surface area contributed by atoms with Crippen LogP contribution in [0.5, 0.6) is 11.5 Å². The van der Waals surface area contributed by atoms with Gasteiger partial charge in [-0.2, -0.15) is 0 Å². The van der Waals surface area contributed by atoms with E-state index in [2.05, 4.69) is 5.32 Å². The van der Waals surface area contributed by atoms with Gasteiger partial charge in [0.25, 0.3) is 0 Å². The lowest BCUT2D eigenvalue weighted by Crippen LogP contribution is -2.34. The Hall–Kier alpha value is -2.87. The molecule has 0 radical (unpaired) electrons. The van der Waals surface area contributed by atoms with Gasteiger partial charge in [-0.25, -0.2) is 4.79 Å². The molecular formula is C21H25N3O4S. The van der Waals surface area contributed by atoms with Gasteiger partial charge in [-0.3, -0.25) is 4.79 Å². The summed E-state index contributed by atoms with van der Waals surface area (Å²) in [5.74, 6) is 1.20. The summed E-state index contributed by atoms with van der Waals surface area (Å²) in [4.78, 5) is 26.8. The van der Waals surface area contributed by atoms with Crippen molar-refractivity contribution in [2.24, 2.45) is 5.73 Å². The lowest BCUT2D eigenvalue weighted by atomic mass is 10.0. The first kappa shape index (κ1) is 20.9. The van der Waals surface area contributed by atoms with Crippen molar-refractivity contribution < 1.29 is 19.1 Å². The van der Waals surface area contributed by atoms with Gasteiger partial charge >= 0.3 is 6.03 Å². The largest absolute Gasteiger partial charge is 0.497 e. The highest BCUT2D eigenvalue weighted by Gasteiger charge is 2.32. The third-order valence-electron chi connectivity index (χ3n) is 4.81. The van der Waals surface area contributed by atoms with Crippen molar-refractivity contribution in [3.63, 3.8) is 0 Å². The first-order chi connectivity index (χ1) is 14.0. The molecule has 29 heavy (non-hydrogen) atoms. The van der Waals surface area contributed by atoms with Gasteiger partial charge in [-0.05, 0) is 43.2 Å². The Balaban J connectivity index is 1.81. The first-order valence-corrected chi connectivity index (χ1v) is 10.3. The Kier molecular flexibility index (Phi) is 6.87. The van der Waals surface area contributed by atoms with Gasteiger partial charge in [0.2, 0.25) is 5.91 Å². The maximum Gasteiger partial charge on any atom is 0.322 e. The molecule has 3 rings (SSSR count). The summed E-state index contributed by atoms with van der Waals surface area (Å²) < 4.78 is 10.9. The van der Waals surface area contributed by atoms with Crippen LogP contribution in [-0.4, -0.2) is 43.4 Å². The number of hydrogen-bond donors (Lipinski definition) is 2. The zero-order valence-electron chi connectivity index (χ0n) is 16.5. The number of carbonyl (C=O) groups is 2. The van der Waals surface area contributed by atoms with E-state index < -0.39 is 5.91 Å². The van der Waals surface area contributed by atoms with Crippen LogP contribution in [0.4, 0.5) is 10.5 Å². The first-order valence-electron chi connectivity index (χ1n) is 9.33. The van der Waals surface area contributed by atoms with Crippen molar-refractivity contribution in [3.05, 3.63) is 48.0 Å². The zero-order chi connectivity index (χ0) is 20.8. The number of thioether (sulfide) groups is 1. The number of likely N-dealkylation sites (tertiary alicyclic amines) is 1. The van der Waals surface area contributed by atoms with Gasteiger partial charge in [-0.1, -0.05) is 12.1 Å². The highest BCUT2D eigenvalue weighted by molar-refractivity contribution is 8.00. The Bertz CT molecular complexity index is 890. The summed E-state index contributed by atoms with van der Waals surface area (Å²) in [5, 5.41) is 2.98. The number of hydrogen-bond acceptors (Lipinski definition) is 5. The Labute approximate surface area is 174 Å². The molecule has 7 nitrogen and oxygen atoms in total. The van der Waals surface area contributed by atoms with Crippen LogP contribution in [0.15, 0.2) is 47.4 Å². The average Bonchev–Trinajstić information content (AvgIpc) is 3.22. The van der Waals surface area contributed by atoms with E-state index in [1.54, 1.807) is 14.2 Å². The standard InChI is InChI=1S/C21H25N3O4S/c1-27-14-9-10-18(28-2)15(12-14)17-7-5-11-24(17)21(26)23-16-6-3-4-8-19(16)29-13-20(22)25/h3-4,6,8-10,12,17H,5,7,11,13H2,1-2H3,(H2,22,25)(H,23,26). The molecule has 0 saturated carbocycles. The molecule has 1 fully saturated rings. The number of nitrogens with zero attached hydrogens (tertiary/aromatic N) is 1. The molecule has 1 aliphatic heterocycles. The SMILES string of the molecule is COc1ccc(OC)c(C2CCCN2C(=O)Nc2ccccc2SCC(N)=O)c1. The van der Waals surface area contributed by atoms with Crippen molar-refractivity contribution in [1.29, 1.82) is 0 Å². The Morgan fingerprint density at radius 1 is 1.21 bits per heavy atom. The van der Waals surface area contributed by atoms with Gasteiger partial charge in [-0.15, -0.1) is 11.8 Å². The molecule has 8 heteroatoms. The maximum absolute atomic E-state index is 13.1. The van der Waals surface area contributed by atoms with Crippen LogP contribution in [0.3, 0.4) is 0 Å². The van der Waals surface area contributed by atoms with E-state index in [0.717, 1.165) is 34.8 Å². The van der Waals surface area contributed by atoms with E-state index in [1.807, 2.05) is 47.4 Å². The fourth-order valence-electron chi connectivity index (χ4n) is 3.46. The van der Waals surface area contributed by atoms with E-state index in [0.29, 0.717) is 12.2 Å². The molecule has 1 unspecified atom stereocenters. The fraction of sp³-hybridized carbons (Fsp3) is 0.333. The number of benzene rings is 2. The van der Waals surface area contributed by atoms with Crippen LogP contribution >= 0.6 is 11.8 Å². The van der Waals surface area contributed by atoms with Gasteiger partial charge in [0.15, 0.2) is 0 Å². The third kappa shape index (κ3) is 4.95. The maximum atomic E-state index is 13.1. The Morgan fingerprint density at radius 2 is 2.00 bits per heavy atom. The topological polar surface area (TPSA) is 93.9 Å². The average molecular weight is 416 g/mol. The van der Waals surface area contributed by atoms with E-state index in [-0.39, 0.29) is 17.8 Å². The van der Waals surface area contributed by atoms with Gasteiger partial charge in [0, 0.05) is 17.0 Å². The van der Waals surface area contributed by atoms with E-state index in [1.165, 1.54) is 11.8 Å². The van der Waals surface area contributed by atoms with E-state index >= 15 is 0 Å². The van der Waals surface area contributed by atoms with Crippen LogP contribution in [0.25, 0.3) is 0 Å². The summed E-state index contributed by atoms with van der Waals surface area (Å²) in [6.07, 6.45) is 1.74. The molecule has 0 bridgehead atoms. The van der Waals surface area contributed by atoms with Crippen molar-refractivity contribution in [2.75, 3.05) is 31.8 Å². The minimum Gasteiger partial charge on any atom is -0.497 e. The van der Waals surface area contributed by atoms with Crippen LogP contribution in [0, 0.1) is 0 Å². The minimum absolute atomic E-state index is 0.106. The normalized spacial score (nSPS) is 15.8. The summed E-state index contributed by atoms with van der Waals surface area (Å²) in [7, 11) is 3.24. The minimum atomic E-state index is -0.402. The lowest BCUT2D eigenvalue weighted by molar-refractivity contribution is -0.115. The lowest BCUT2D eigenvalue weighted by Gasteiger charge is -2.27. The molecular weight excluding hydrogens is 390 g/mol. The molecule has 1 aliphatic rings. The van der Waals surface area contributed by atoms with Gasteiger partial charge in [0.05, 0.1) is 31.7 Å². The number of carbonyl (C=O) groups excluding carboxylic acids is 2. The number of amides is 3. The molecule has 1 atom stereocenters. The molecule has 154 valence electrons. The molecule has 0 aromatic heterocycles. The molecule has 1 saturated heterocycles. The molecule has 1 heterocycles. The quantitative estimate of drug-likeness (QED) is 0.673. The van der Waals surface area contributed by atoms with Gasteiger partial charge in [0.1, 0.15) is 11.5 Å². The molecule has 2 aromatic rings. The zero-order valence-corrected chi connectivity index (χ0v) is 17.3. The van der Waals surface area contributed by atoms with E-state index in [4.69, 9.17) is 15.2 Å². The molecule has 2 aromatic carbocycles. The fourth-order valence-corrected chi connectivity index (χ4v) is 4.21. The summed E-state index contributed by atoms with van der Waals surface area (Å²) in [5.41, 5.74) is 6.83. The highest BCUT2D eigenvalue weighted by atomic mass is 32.2. The predicted octanol–water partition coefficient (Wildman–Crippen LogP) is 3.65. The van der Waals surface area contributed by atoms with Gasteiger partial charge < -0.3 is 25.4 Å². The predicted molar refractivity (Wildman–Crippen MR) is 114 cm³/mol. The van der Waals surface area contributed by atoms with Crippen molar-refractivity contribution in [1.82, 2.24) is 4.90 Å². The number of primary amides is 1. The third-order valence-corrected chi connectivity index (χ3v) is 5.90. The molecule has 0 spiro atoms. The number of ether oxygens (including phenoxy) is 2. The van der Waals surface area contributed by atoms with Crippen LogP contribution in [0.2, 0.25) is 0 Å². The van der Waals surface area contributed by atoms with Crippen molar-refractivity contribution >= 4 is 29.4 Å². The highest BCUT2D eigenvalue weighted by Crippen LogP contribution is 2.39. The number of urea groups is 1. The Morgan fingerprint density at radius 3 is 2.72 bits per heavy atom. The smallest absolute Gasteiger partial charge is 0.322 e. The van der Waals surface area contributed by atoms with Crippen molar-refractivity contribution in [2.45, 2.75) is 23.8 Å². The van der Waals surface area contributed by atoms with Crippen LogP contribution < -0.4 is 20.5 Å². The monoisotopic (exact) mass is 415 g/mol. The second-order valence-corrected chi connectivity index (χ2v) is 7.66. The second-order valence-electron chi connectivity index (χ2n) is 6.64. The number of methoxy groups -OCH3 is 2. The molecule has 3 amide bonds. The number of anilines is 1. The van der Waals surface area contributed by atoms with Crippen molar-refractivity contribution in [3.8, 4) is 11.5 Å². The number of para-hydroxylation sites is 1. The summed E-state index contributed by atoms with van der Waals surface area (Å²) in [6, 6.07) is 12.7. The van der Waals surface area contributed by atoms with E-state index in [9.17, 15) is 9.59 Å². The molecule has 0 aliphatic carbocycles. The summed E-state index contributed by atoms with van der Waals surface area (Å²) in [6.45, 7) is 0.646. The number of nitrogens with two attached hydrogens (primary N) is 1. The number of nitrogens with one attached hydrogen (secondary N) is 1. The van der Waals surface area contributed by atoms with Crippen LogP contribution in [0.1, 0.15) is 24.4 Å². The summed E-state index contributed by atoms with van der Waals surface area (Å²) >= 11 is 1.30. The second kappa shape index (κ2) is 9.56. The molecule has 3 N–H and O–H groups in total. The number of rotatable bonds is 7. The van der Waals surface area contributed by atoms with Crippen LogP contribution in [-0.2, 0) is 4.79 Å².